The number of rotatable bonds is 10. The molecule has 7 heteroatoms. The predicted octanol–water partition coefficient (Wildman–Crippen LogP) is 3.21. The minimum Gasteiger partial charge on any atom is -0.497 e. The van der Waals surface area contributed by atoms with Crippen molar-refractivity contribution in [2.75, 3.05) is 7.11 Å². The summed E-state index contributed by atoms with van der Waals surface area (Å²) in [6, 6.07) is 21.0. The first-order chi connectivity index (χ1) is 16.4. The van der Waals surface area contributed by atoms with Crippen LogP contribution in [0.1, 0.15) is 45.1 Å². The van der Waals surface area contributed by atoms with Crippen molar-refractivity contribution in [3.8, 4) is 5.75 Å². The van der Waals surface area contributed by atoms with E-state index in [1.54, 1.807) is 38.3 Å². The van der Waals surface area contributed by atoms with Gasteiger partial charge in [0.2, 0.25) is 17.7 Å². The highest BCUT2D eigenvalue weighted by molar-refractivity contribution is 5.94. The zero-order valence-corrected chi connectivity index (χ0v) is 19.3. The lowest BCUT2D eigenvalue weighted by Crippen LogP contribution is -2.40. The van der Waals surface area contributed by atoms with Crippen molar-refractivity contribution >= 4 is 17.7 Å². The van der Waals surface area contributed by atoms with Crippen LogP contribution in [0.4, 0.5) is 0 Å². The van der Waals surface area contributed by atoms with E-state index in [1.165, 1.54) is 0 Å². The normalized spacial score (nSPS) is 11.4. The molecule has 34 heavy (non-hydrogen) atoms. The van der Waals surface area contributed by atoms with Gasteiger partial charge in [0, 0.05) is 18.5 Å². The molecule has 7 nitrogen and oxygen atoms in total. The Morgan fingerprint density at radius 2 is 1.62 bits per heavy atom. The Morgan fingerprint density at radius 1 is 0.941 bits per heavy atom. The van der Waals surface area contributed by atoms with Gasteiger partial charge in [0.15, 0.2) is 0 Å². The molecule has 0 aliphatic carbocycles. The number of ether oxygens (including phenoxy) is 1. The van der Waals surface area contributed by atoms with Crippen LogP contribution in [0.25, 0.3) is 0 Å². The van der Waals surface area contributed by atoms with Crippen LogP contribution in [0.3, 0.4) is 0 Å². The molecule has 3 aromatic carbocycles. The van der Waals surface area contributed by atoms with Crippen molar-refractivity contribution < 1.29 is 19.1 Å². The quantitative estimate of drug-likeness (QED) is 0.432. The van der Waals surface area contributed by atoms with Crippen LogP contribution in [0.15, 0.2) is 72.8 Å². The maximum absolute atomic E-state index is 13.0. The summed E-state index contributed by atoms with van der Waals surface area (Å²) in [7, 11) is 1.61. The van der Waals surface area contributed by atoms with Crippen LogP contribution >= 0.6 is 0 Å². The van der Waals surface area contributed by atoms with Gasteiger partial charge in [-0.2, -0.15) is 0 Å². The molecule has 0 bridgehead atoms. The monoisotopic (exact) mass is 459 g/mol. The topological polar surface area (TPSA) is 111 Å². The second-order valence-electron chi connectivity index (χ2n) is 7.99. The standard InChI is InChI=1S/C27H29N3O4/c1-18-16-20(10-14-23(18)26(28)32)17-29-27(33)25(21-6-4-3-5-7-21)30-24(31)15-11-19-8-12-22(34-2)13-9-19/h3-10,12-14,16,25H,11,15,17H2,1-2H3,(H2,28,32)(H,29,33)(H,30,31). The molecule has 0 aromatic heterocycles. The fourth-order valence-corrected chi connectivity index (χ4v) is 3.63. The van der Waals surface area contributed by atoms with Gasteiger partial charge < -0.3 is 21.1 Å². The molecule has 0 heterocycles. The second kappa shape index (κ2) is 11.7. The summed E-state index contributed by atoms with van der Waals surface area (Å²) in [6.45, 7) is 2.05. The Morgan fingerprint density at radius 3 is 2.24 bits per heavy atom. The third kappa shape index (κ3) is 6.68. The first kappa shape index (κ1) is 24.5. The molecular formula is C27H29N3O4. The van der Waals surface area contributed by atoms with Gasteiger partial charge in [-0.05, 0) is 53.8 Å². The largest absolute Gasteiger partial charge is 0.497 e. The lowest BCUT2D eigenvalue weighted by molar-refractivity contribution is -0.129. The summed E-state index contributed by atoms with van der Waals surface area (Å²) >= 11 is 0. The molecule has 0 radical (unpaired) electrons. The zero-order chi connectivity index (χ0) is 24.5. The number of primary amides is 1. The lowest BCUT2D eigenvalue weighted by atomic mass is 10.0. The van der Waals surface area contributed by atoms with Crippen molar-refractivity contribution in [2.45, 2.75) is 32.4 Å². The van der Waals surface area contributed by atoms with E-state index in [1.807, 2.05) is 48.5 Å². The van der Waals surface area contributed by atoms with Crippen molar-refractivity contribution in [1.82, 2.24) is 10.6 Å². The van der Waals surface area contributed by atoms with Crippen molar-refractivity contribution in [3.63, 3.8) is 0 Å². The third-order valence-electron chi connectivity index (χ3n) is 5.52. The average molecular weight is 460 g/mol. The van der Waals surface area contributed by atoms with Gasteiger partial charge in [0.25, 0.3) is 0 Å². The van der Waals surface area contributed by atoms with Gasteiger partial charge in [0.1, 0.15) is 11.8 Å². The molecule has 0 saturated carbocycles. The Kier molecular flexibility index (Phi) is 8.40. The van der Waals surface area contributed by atoms with E-state index in [0.29, 0.717) is 17.5 Å². The molecule has 0 aliphatic rings. The molecule has 3 amide bonds. The van der Waals surface area contributed by atoms with Crippen molar-refractivity contribution in [2.24, 2.45) is 5.73 Å². The highest BCUT2D eigenvalue weighted by atomic mass is 16.5. The van der Waals surface area contributed by atoms with E-state index in [-0.39, 0.29) is 24.8 Å². The summed E-state index contributed by atoms with van der Waals surface area (Å²) in [4.78, 5) is 37.2. The highest BCUT2D eigenvalue weighted by Gasteiger charge is 2.22. The maximum atomic E-state index is 13.0. The minimum atomic E-state index is -0.824. The van der Waals surface area contributed by atoms with E-state index in [2.05, 4.69) is 10.6 Å². The van der Waals surface area contributed by atoms with E-state index >= 15 is 0 Å². The number of hydrogen-bond donors (Lipinski definition) is 3. The SMILES string of the molecule is COc1ccc(CCC(=O)NC(C(=O)NCc2ccc(C(N)=O)c(C)c2)c2ccccc2)cc1. The van der Waals surface area contributed by atoms with E-state index in [4.69, 9.17) is 10.5 Å². The number of carbonyl (C=O) groups excluding carboxylic acids is 3. The number of methoxy groups -OCH3 is 1. The Bertz CT molecular complexity index is 1140. The van der Waals surface area contributed by atoms with Gasteiger partial charge in [-0.1, -0.05) is 54.6 Å². The fourth-order valence-electron chi connectivity index (χ4n) is 3.63. The lowest BCUT2D eigenvalue weighted by Gasteiger charge is -2.19. The molecule has 3 aromatic rings. The first-order valence-corrected chi connectivity index (χ1v) is 11.0. The van der Waals surface area contributed by atoms with Crippen LogP contribution in [0, 0.1) is 6.92 Å². The van der Waals surface area contributed by atoms with Gasteiger partial charge in [-0.25, -0.2) is 0 Å². The number of aryl methyl sites for hydroxylation is 2. The summed E-state index contributed by atoms with van der Waals surface area (Å²) in [5.74, 6) is -0.273. The van der Waals surface area contributed by atoms with E-state index in [0.717, 1.165) is 22.4 Å². The summed E-state index contributed by atoms with van der Waals surface area (Å²) in [6.07, 6.45) is 0.793. The van der Waals surface area contributed by atoms with Crippen molar-refractivity contribution in [3.05, 3.63) is 101 Å². The highest BCUT2D eigenvalue weighted by Crippen LogP contribution is 2.16. The van der Waals surface area contributed by atoms with Crippen molar-refractivity contribution in [1.29, 1.82) is 0 Å². The van der Waals surface area contributed by atoms with Gasteiger partial charge in [0.05, 0.1) is 7.11 Å². The zero-order valence-electron chi connectivity index (χ0n) is 19.3. The summed E-state index contributed by atoms with van der Waals surface area (Å²) < 4.78 is 5.16. The average Bonchev–Trinajstić information content (AvgIpc) is 2.85. The number of nitrogens with one attached hydrogen (secondary N) is 2. The smallest absolute Gasteiger partial charge is 0.248 e. The number of nitrogens with two attached hydrogens (primary N) is 1. The molecular weight excluding hydrogens is 430 g/mol. The Labute approximate surface area is 199 Å². The minimum absolute atomic E-state index is 0.221. The van der Waals surface area contributed by atoms with E-state index < -0.39 is 11.9 Å². The third-order valence-corrected chi connectivity index (χ3v) is 5.52. The molecule has 1 unspecified atom stereocenters. The second-order valence-corrected chi connectivity index (χ2v) is 7.99. The van der Waals surface area contributed by atoms with Crippen LogP contribution in [0.2, 0.25) is 0 Å². The number of hydrogen-bond acceptors (Lipinski definition) is 4. The number of amides is 3. The molecule has 0 fully saturated rings. The molecule has 4 N–H and O–H groups in total. The molecule has 0 saturated heterocycles. The Balaban J connectivity index is 1.64. The Hall–Kier alpha value is -4.13. The summed E-state index contributed by atoms with van der Waals surface area (Å²) in [5, 5.41) is 5.74. The predicted molar refractivity (Wildman–Crippen MR) is 130 cm³/mol. The van der Waals surface area contributed by atoms with Crippen LogP contribution in [-0.2, 0) is 22.6 Å². The molecule has 0 aliphatic heterocycles. The molecule has 3 rings (SSSR count). The molecule has 176 valence electrons. The maximum Gasteiger partial charge on any atom is 0.248 e. The van der Waals surface area contributed by atoms with E-state index in [9.17, 15) is 14.4 Å². The van der Waals surface area contributed by atoms with Gasteiger partial charge in [-0.15, -0.1) is 0 Å². The van der Waals surface area contributed by atoms with Crippen LogP contribution in [-0.4, -0.2) is 24.8 Å². The molecule has 1 atom stereocenters. The van der Waals surface area contributed by atoms with Crippen LogP contribution in [0.5, 0.6) is 5.75 Å². The summed E-state index contributed by atoms with van der Waals surface area (Å²) in [5.41, 5.74) is 9.07. The van der Waals surface area contributed by atoms with Gasteiger partial charge in [-0.3, -0.25) is 14.4 Å². The number of carbonyl (C=O) groups is 3. The van der Waals surface area contributed by atoms with Gasteiger partial charge >= 0.3 is 0 Å². The fraction of sp³-hybridized carbons (Fsp3) is 0.222. The first-order valence-electron chi connectivity index (χ1n) is 11.0. The molecule has 0 spiro atoms. The van der Waals surface area contributed by atoms with Crippen LogP contribution < -0.4 is 21.1 Å². The number of benzene rings is 3.